The molecule has 0 bridgehead atoms. The Kier molecular flexibility index (Phi) is 3.24. The van der Waals surface area contributed by atoms with Gasteiger partial charge in [-0.25, -0.2) is 0 Å². The highest BCUT2D eigenvalue weighted by Crippen LogP contribution is 2.40. The van der Waals surface area contributed by atoms with Gasteiger partial charge >= 0.3 is 0 Å². The Morgan fingerprint density at radius 2 is 1.93 bits per heavy atom. The van der Waals surface area contributed by atoms with E-state index in [1.165, 1.54) is 43.4 Å². The molecule has 0 radical (unpaired) electrons. The molecule has 2 rings (SSSR count). The van der Waals surface area contributed by atoms with Gasteiger partial charge in [0.2, 0.25) is 0 Å². The lowest BCUT2D eigenvalue weighted by Gasteiger charge is -2.30. The lowest BCUT2D eigenvalue weighted by molar-refractivity contribution is -0.0247. The summed E-state index contributed by atoms with van der Waals surface area (Å²) in [4.78, 5) is 1.42. The minimum Gasteiger partial charge on any atom is -0.373 e. The van der Waals surface area contributed by atoms with Crippen molar-refractivity contribution in [1.29, 1.82) is 0 Å². The largest absolute Gasteiger partial charge is 0.373 e. The van der Waals surface area contributed by atoms with E-state index in [1.54, 1.807) is 0 Å². The van der Waals surface area contributed by atoms with E-state index in [9.17, 15) is 0 Å². The summed E-state index contributed by atoms with van der Waals surface area (Å²) in [5, 5.41) is 2.15. The van der Waals surface area contributed by atoms with Gasteiger partial charge in [-0.15, -0.1) is 11.3 Å². The molecular formula is C12H18OS. The van der Waals surface area contributed by atoms with E-state index in [2.05, 4.69) is 17.5 Å². The van der Waals surface area contributed by atoms with Gasteiger partial charge in [0.1, 0.15) is 5.60 Å². The SMILES string of the molecule is COC1(c2cccs2)CCCCCC1. The predicted molar refractivity (Wildman–Crippen MR) is 60.7 cm³/mol. The molecule has 0 saturated heterocycles. The Hall–Kier alpha value is -0.340. The van der Waals surface area contributed by atoms with Crippen molar-refractivity contribution in [3.8, 4) is 0 Å². The van der Waals surface area contributed by atoms with Crippen molar-refractivity contribution >= 4 is 11.3 Å². The number of hydrogen-bond donors (Lipinski definition) is 0. The van der Waals surface area contributed by atoms with Gasteiger partial charge in [-0.05, 0) is 24.3 Å². The second kappa shape index (κ2) is 4.45. The Morgan fingerprint density at radius 3 is 2.43 bits per heavy atom. The third kappa shape index (κ3) is 1.86. The lowest BCUT2D eigenvalue weighted by atomic mass is 9.92. The maximum Gasteiger partial charge on any atom is 0.102 e. The molecule has 1 fully saturated rings. The molecule has 1 aromatic heterocycles. The molecule has 0 amide bonds. The fourth-order valence-electron chi connectivity index (χ4n) is 2.39. The van der Waals surface area contributed by atoms with Crippen molar-refractivity contribution in [2.24, 2.45) is 0 Å². The second-order valence-electron chi connectivity index (χ2n) is 4.09. The quantitative estimate of drug-likeness (QED) is 0.672. The Labute approximate surface area is 90.1 Å². The molecule has 0 aromatic carbocycles. The van der Waals surface area contributed by atoms with Gasteiger partial charge in [0.25, 0.3) is 0 Å². The Morgan fingerprint density at radius 1 is 1.21 bits per heavy atom. The normalized spacial score (nSPS) is 21.8. The van der Waals surface area contributed by atoms with Crippen LogP contribution in [0.15, 0.2) is 17.5 Å². The van der Waals surface area contributed by atoms with Crippen LogP contribution in [0.1, 0.15) is 43.4 Å². The van der Waals surface area contributed by atoms with Gasteiger partial charge in [0.05, 0.1) is 0 Å². The van der Waals surface area contributed by atoms with Gasteiger partial charge in [-0.3, -0.25) is 0 Å². The second-order valence-corrected chi connectivity index (χ2v) is 5.04. The molecule has 1 aliphatic carbocycles. The predicted octanol–water partition coefficient (Wildman–Crippen LogP) is 3.94. The van der Waals surface area contributed by atoms with Crippen LogP contribution >= 0.6 is 11.3 Å². The van der Waals surface area contributed by atoms with E-state index in [-0.39, 0.29) is 5.60 Å². The van der Waals surface area contributed by atoms with Gasteiger partial charge < -0.3 is 4.74 Å². The highest BCUT2D eigenvalue weighted by Gasteiger charge is 2.33. The van der Waals surface area contributed by atoms with Crippen molar-refractivity contribution in [3.05, 3.63) is 22.4 Å². The standard InChI is InChI=1S/C12H18OS/c1-13-12(11-7-6-10-14-11)8-4-2-3-5-9-12/h6-7,10H,2-5,8-9H2,1H3. The van der Waals surface area contributed by atoms with E-state index in [0.29, 0.717) is 0 Å². The molecule has 0 N–H and O–H groups in total. The summed E-state index contributed by atoms with van der Waals surface area (Å²) < 4.78 is 5.81. The van der Waals surface area contributed by atoms with Gasteiger partial charge in [-0.1, -0.05) is 31.7 Å². The summed E-state index contributed by atoms with van der Waals surface area (Å²) in [5.41, 5.74) is 0.0463. The molecular weight excluding hydrogens is 192 g/mol. The molecule has 2 heteroatoms. The highest BCUT2D eigenvalue weighted by molar-refractivity contribution is 7.10. The van der Waals surface area contributed by atoms with Crippen LogP contribution < -0.4 is 0 Å². The van der Waals surface area contributed by atoms with E-state index in [1.807, 2.05) is 18.4 Å². The molecule has 1 heterocycles. The summed E-state index contributed by atoms with van der Waals surface area (Å²) in [7, 11) is 1.87. The van der Waals surface area contributed by atoms with Crippen LogP contribution in [0, 0.1) is 0 Å². The number of rotatable bonds is 2. The van der Waals surface area contributed by atoms with E-state index in [0.717, 1.165) is 0 Å². The molecule has 0 spiro atoms. The zero-order valence-corrected chi connectivity index (χ0v) is 9.61. The Balaban J connectivity index is 2.23. The van der Waals surface area contributed by atoms with Crippen molar-refractivity contribution in [3.63, 3.8) is 0 Å². The topological polar surface area (TPSA) is 9.23 Å². The summed E-state index contributed by atoms with van der Waals surface area (Å²) in [6.07, 6.45) is 7.76. The van der Waals surface area contributed by atoms with Crippen LogP contribution in [0.2, 0.25) is 0 Å². The molecule has 1 saturated carbocycles. The fourth-order valence-corrected chi connectivity index (χ4v) is 3.35. The molecule has 14 heavy (non-hydrogen) atoms. The molecule has 1 aromatic rings. The molecule has 1 aliphatic rings. The maximum atomic E-state index is 5.81. The zero-order valence-electron chi connectivity index (χ0n) is 8.79. The van der Waals surface area contributed by atoms with Crippen molar-refractivity contribution in [2.45, 2.75) is 44.1 Å². The summed E-state index contributed by atoms with van der Waals surface area (Å²) in [5.74, 6) is 0. The van der Waals surface area contributed by atoms with Crippen LogP contribution in [-0.2, 0) is 10.3 Å². The minimum atomic E-state index is 0.0463. The van der Waals surface area contributed by atoms with Gasteiger partial charge in [0.15, 0.2) is 0 Å². The van der Waals surface area contributed by atoms with Crippen molar-refractivity contribution < 1.29 is 4.74 Å². The molecule has 1 nitrogen and oxygen atoms in total. The molecule has 78 valence electrons. The monoisotopic (exact) mass is 210 g/mol. The zero-order chi connectivity index (χ0) is 9.86. The third-order valence-electron chi connectivity index (χ3n) is 3.27. The average Bonchev–Trinajstić information content (AvgIpc) is 2.64. The first-order chi connectivity index (χ1) is 6.87. The Bertz CT molecular complexity index is 258. The lowest BCUT2D eigenvalue weighted by Crippen LogP contribution is -2.26. The minimum absolute atomic E-state index is 0.0463. The summed E-state index contributed by atoms with van der Waals surface area (Å²) in [6, 6.07) is 4.35. The van der Waals surface area contributed by atoms with Gasteiger partial charge in [0, 0.05) is 12.0 Å². The fraction of sp³-hybridized carbons (Fsp3) is 0.667. The molecule has 0 unspecified atom stereocenters. The van der Waals surface area contributed by atoms with E-state index >= 15 is 0 Å². The first-order valence-corrected chi connectivity index (χ1v) is 6.34. The van der Waals surface area contributed by atoms with E-state index in [4.69, 9.17) is 4.74 Å². The van der Waals surface area contributed by atoms with Crippen LogP contribution in [0.25, 0.3) is 0 Å². The average molecular weight is 210 g/mol. The first kappa shape index (κ1) is 10.2. The molecule has 0 aliphatic heterocycles. The number of ether oxygens (including phenoxy) is 1. The van der Waals surface area contributed by atoms with Crippen LogP contribution in [0.3, 0.4) is 0 Å². The number of hydrogen-bond acceptors (Lipinski definition) is 2. The van der Waals surface area contributed by atoms with Crippen LogP contribution in [-0.4, -0.2) is 7.11 Å². The smallest absolute Gasteiger partial charge is 0.102 e. The molecule has 0 atom stereocenters. The third-order valence-corrected chi connectivity index (χ3v) is 4.33. The van der Waals surface area contributed by atoms with Crippen LogP contribution in [0.5, 0.6) is 0 Å². The maximum absolute atomic E-state index is 5.81. The van der Waals surface area contributed by atoms with Crippen molar-refractivity contribution in [2.75, 3.05) is 7.11 Å². The van der Waals surface area contributed by atoms with E-state index < -0.39 is 0 Å². The number of thiophene rings is 1. The first-order valence-electron chi connectivity index (χ1n) is 5.46. The van der Waals surface area contributed by atoms with Gasteiger partial charge in [-0.2, -0.15) is 0 Å². The number of methoxy groups -OCH3 is 1. The van der Waals surface area contributed by atoms with Crippen molar-refractivity contribution in [1.82, 2.24) is 0 Å². The summed E-state index contributed by atoms with van der Waals surface area (Å²) >= 11 is 1.84. The summed E-state index contributed by atoms with van der Waals surface area (Å²) in [6.45, 7) is 0. The van der Waals surface area contributed by atoms with Crippen LogP contribution in [0.4, 0.5) is 0 Å². The highest BCUT2D eigenvalue weighted by atomic mass is 32.1.